The van der Waals surface area contributed by atoms with Crippen molar-refractivity contribution in [3.8, 4) is 17.2 Å². The number of rotatable bonds is 0. The van der Waals surface area contributed by atoms with Crippen molar-refractivity contribution in [1.29, 1.82) is 0 Å². The van der Waals surface area contributed by atoms with E-state index in [4.69, 9.17) is 69.6 Å². The Hall–Kier alpha value is -1.65. The van der Waals surface area contributed by atoms with Gasteiger partial charge in [-0.15, -0.1) is 0 Å². The third-order valence-electron chi connectivity index (χ3n) is 5.31. The number of nitrogens with zero attached hydrogens (tertiary/aromatic N) is 3. The summed E-state index contributed by atoms with van der Waals surface area (Å²) in [5.74, 6) is -0.0787. The topological polar surface area (TPSA) is 99.4 Å². The van der Waals surface area contributed by atoms with Crippen molar-refractivity contribution in [1.82, 2.24) is 15.0 Å². The van der Waals surface area contributed by atoms with Crippen molar-refractivity contribution >= 4 is 102 Å². The molecule has 6 aromatic rings. The molecule has 206 valence electrons. The van der Waals surface area contributed by atoms with E-state index < -0.39 is 0 Å². The van der Waals surface area contributed by atoms with Crippen molar-refractivity contribution in [2.24, 2.45) is 0 Å². The van der Waals surface area contributed by atoms with E-state index in [0.717, 1.165) is 0 Å². The summed E-state index contributed by atoms with van der Waals surface area (Å²) < 4.78 is 0. The predicted octanol–water partition coefficient (Wildman–Crippen LogP) is 9.74. The molecule has 3 N–H and O–H groups in total. The molecule has 3 heterocycles. The van der Waals surface area contributed by atoms with Crippen LogP contribution in [0.25, 0.3) is 32.7 Å². The Kier molecular flexibility index (Phi) is 11.9. The molecule has 0 saturated heterocycles. The molecule has 6 nitrogen and oxygen atoms in total. The average Bonchev–Trinajstić information content (AvgIpc) is 2.94. The maximum absolute atomic E-state index is 9.53. The summed E-state index contributed by atoms with van der Waals surface area (Å²) in [4.78, 5) is 12.0. The number of aromatic hydroxyl groups is 3. The molecule has 0 fully saturated rings. The van der Waals surface area contributed by atoms with E-state index in [9.17, 15) is 15.3 Å². The Morgan fingerprint density at radius 2 is 0.675 bits per heavy atom. The summed E-state index contributed by atoms with van der Waals surface area (Å²) in [7, 11) is 0. The molecule has 6 rings (SSSR count). The zero-order valence-electron chi connectivity index (χ0n) is 19.7. The van der Waals surface area contributed by atoms with E-state index in [-0.39, 0.29) is 72.3 Å². The van der Waals surface area contributed by atoms with Crippen LogP contribution in [0.5, 0.6) is 17.2 Å². The molecule has 0 aliphatic carbocycles. The number of phenols is 3. The molecule has 40 heavy (non-hydrogen) atoms. The molecule has 3 aromatic heterocycles. The van der Waals surface area contributed by atoms with Crippen LogP contribution in [0.2, 0.25) is 30.1 Å². The Bertz CT molecular complexity index is 1630. The van der Waals surface area contributed by atoms with Gasteiger partial charge in [-0.2, -0.15) is 0 Å². The van der Waals surface area contributed by atoms with E-state index >= 15 is 0 Å². The zero-order valence-corrected chi connectivity index (χ0v) is 26.5. The number of halogens is 6. The van der Waals surface area contributed by atoms with Crippen LogP contribution in [0, 0.1) is 39.9 Å². The van der Waals surface area contributed by atoms with Crippen LogP contribution in [0.15, 0.2) is 73.2 Å². The van der Waals surface area contributed by atoms with Crippen LogP contribution in [0.1, 0.15) is 0 Å². The summed E-state index contributed by atoms with van der Waals surface area (Å²) in [6, 6.07) is 15.1. The van der Waals surface area contributed by atoms with E-state index in [2.05, 4.69) is 15.0 Å². The number of hydrogen-bond donors (Lipinski definition) is 3. The maximum atomic E-state index is 9.53. The third-order valence-corrected chi connectivity index (χ3v) is 7.11. The molecule has 0 aliphatic rings. The van der Waals surface area contributed by atoms with E-state index in [1.807, 2.05) is 0 Å². The van der Waals surface area contributed by atoms with Crippen molar-refractivity contribution in [3.63, 3.8) is 0 Å². The molecule has 0 spiro atoms. The first-order chi connectivity index (χ1) is 18.6. The van der Waals surface area contributed by atoms with Crippen LogP contribution < -0.4 is 0 Å². The standard InChI is InChI=1S/3C9H5Cl2NO.Gd/c3*10-6-4-7(11)9(13)8-5(6)2-1-3-12-8;/h3*1-4,13H;. The quantitative estimate of drug-likeness (QED) is 0.142. The van der Waals surface area contributed by atoms with Gasteiger partial charge in [0.05, 0.1) is 30.1 Å². The van der Waals surface area contributed by atoms with Gasteiger partial charge in [0.15, 0.2) is 17.2 Å². The molecule has 0 radical (unpaired) electrons. The summed E-state index contributed by atoms with van der Waals surface area (Å²) in [6.45, 7) is 0. The fourth-order valence-corrected chi connectivity index (χ4v) is 5.02. The number of hydrogen-bond acceptors (Lipinski definition) is 6. The average molecular weight is 799 g/mol. The monoisotopic (exact) mass is 797 g/mol. The van der Waals surface area contributed by atoms with Gasteiger partial charge in [0, 0.05) is 74.7 Å². The van der Waals surface area contributed by atoms with Gasteiger partial charge in [-0.05, 0) is 54.6 Å². The first-order valence-corrected chi connectivity index (χ1v) is 13.1. The normalized spacial score (nSPS) is 10.3. The minimum absolute atomic E-state index is 0. The first kappa shape index (κ1) is 32.9. The van der Waals surface area contributed by atoms with Crippen molar-refractivity contribution in [2.75, 3.05) is 0 Å². The molecule has 0 atom stereocenters. The molecule has 0 aliphatic heterocycles. The van der Waals surface area contributed by atoms with Gasteiger partial charge in [-0.3, -0.25) is 15.0 Å². The van der Waals surface area contributed by atoms with Crippen molar-refractivity contribution < 1.29 is 55.3 Å². The fourth-order valence-electron chi connectivity index (χ4n) is 3.47. The smallest absolute Gasteiger partial charge is 0.160 e. The summed E-state index contributed by atoms with van der Waals surface area (Å²) in [5, 5.41) is 32.8. The molecule has 3 aromatic carbocycles. The number of benzene rings is 3. The third kappa shape index (κ3) is 7.22. The Morgan fingerprint density at radius 1 is 0.425 bits per heavy atom. The van der Waals surface area contributed by atoms with Crippen LogP contribution in [-0.4, -0.2) is 30.3 Å². The number of fused-ring (bicyclic) bond motifs is 3. The Morgan fingerprint density at radius 3 is 0.925 bits per heavy atom. The van der Waals surface area contributed by atoms with Gasteiger partial charge >= 0.3 is 0 Å². The Labute approximate surface area is 290 Å². The largest absolute Gasteiger partial charge is 0.504 e. The van der Waals surface area contributed by atoms with Gasteiger partial charge in [0.1, 0.15) is 16.6 Å². The second kappa shape index (κ2) is 14.5. The van der Waals surface area contributed by atoms with Gasteiger partial charge in [-0.25, -0.2) is 0 Å². The predicted molar refractivity (Wildman–Crippen MR) is 160 cm³/mol. The summed E-state index contributed by atoms with van der Waals surface area (Å²) in [6.07, 6.45) is 4.73. The molecule has 13 heteroatoms. The van der Waals surface area contributed by atoms with Gasteiger partial charge in [0.25, 0.3) is 0 Å². The van der Waals surface area contributed by atoms with Crippen molar-refractivity contribution in [2.45, 2.75) is 0 Å². The van der Waals surface area contributed by atoms with E-state index in [1.165, 1.54) is 18.2 Å². The number of pyridine rings is 3. The minimum Gasteiger partial charge on any atom is -0.504 e. The van der Waals surface area contributed by atoms with Gasteiger partial charge in [-0.1, -0.05) is 69.6 Å². The second-order valence-electron chi connectivity index (χ2n) is 7.77. The SMILES string of the molecule is Oc1c(Cl)cc(Cl)c2cccnc12.Oc1c(Cl)cc(Cl)c2cccnc12.Oc1c(Cl)cc(Cl)c2cccnc12.[Gd]. The molecular formula is C27H15Cl6GdN3O3. The second-order valence-corrected chi connectivity index (χ2v) is 10.2. The van der Waals surface area contributed by atoms with E-state index in [1.54, 1.807) is 55.0 Å². The zero-order chi connectivity index (χ0) is 28.3. The molecule has 0 saturated carbocycles. The fraction of sp³-hybridized carbons (Fsp3) is 0. The number of aromatic nitrogens is 3. The minimum atomic E-state index is -0.0262. The molecule has 0 unspecified atom stereocenters. The van der Waals surface area contributed by atoms with Crippen LogP contribution in [0.4, 0.5) is 0 Å². The van der Waals surface area contributed by atoms with Crippen LogP contribution in [-0.2, 0) is 0 Å². The first-order valence-electron chi connectivity index (χ1n) is 10.8. The molecule has 0 amide bonds. The van der Waals surface area contributed by atoms with Gasteiger partial charge in [0.2, 0.25) is 0 Å². The summed E-state index contributed by atoms with van der Waals surface area (Å²) in [5.41, 5.74) is 1.29. The molecule has 0 bridgehead atoms. The maximum Gasteiger partial charge on any atom is 0.160 e. The van der Waals surface area contributed by atoms with Crippen LogP contribution >= 0.6 is 69.6 Å². The van der Waals surface area contributed by atoms with Crippen molar-refractivity contribution in [3.05, 3.63) is 103 Å². The Balaban J connectivity index is 0.000000163. The van der Waals surface area contributed by atoms with Crippen LogP contribution in [0.3, 0.4) is 0 Å². The van der Waals surface area contributed by atoms with E-state index in [0.29, 0.717) is 47.8 Å². The summed E-state index contributed by atoms with van der Waals surface area (Å²) >= 11 is 34.9. The van der Waals surface area contributed by atoms with Gasteiger partial charge < -0.3 is 15.3 Å². The number of phenolic OH excluding ortho intramolecular Hbond substituents is 3. The molecular weight excluding hydrogens is 784 g/mol.